The van der Waals surface area contributed by atoms with Crippen LogP contribution in [0.15, 0.2) is 18.2 Å². The summed E-state index contributed by atoms with van der Waals surface area (Å²) in [6, 6.07) is 5.11. The van der Waals surface area contributed by atoms with Gasteiger partial charge >= 0.3 is 0 Å². The minimum Gasteiger partial charge on any atom is -0.397 e. The Morgan fingerprint density at radius 2 is 2.08 bits per heavy atom. The van der Waals surface area contributed by atoms with Gasteiger partial charge in [-0.2, -0.15) is 0 Å². The number of nitrogen functional groups attached to an aromatic ring is 1. The third-order valence-corrected chi connectivity index (χ3v) is 1.81. The van der Waals surface area contributed by atoms with E-state index in [4.69, 9.17) is 5.73 Å². The minimum absolute atomic E-state index is 0.114. The third-order valence-electron chi connectivity index (χ3n) is 1.81. The molecule has 4 nitrogen and oxygen atoms in total. The van der Waals surface area contributed by atoms with Crippen LogP contribution >= 0.6 is 0 Å². The predicted octanol–water partition coefficient (Wildman–Crippen LogP) is 0.670. The van der Waals surface area contributed by atoms with Crippen molar-refractivity contribution in [3.8, 4) is 0 Å². The van der Waals surface area contributed by atoms with Gasteiger partial charge in [-0.1, -0.05) is 0 Å². The van der Waals surface area contributed by atoms with Crippen molar-refractivity contribution < 1.29 is 4.79 Å². The molecule has 0 aliphatic carbocycles. The highest BCUT2D eigenvalue weighted by atomic mass is 16.1. The van der Waals surface area contributed by atoms with E-state index in [2.05, 4.69) is 10.6 Å². The fourth-order valence-electron chi connectivity index (χ4n) is 1.06. The Labute approximate surface area is 77.1 Å². The van der Waals surface area contributed by atoms with Crippen LogP contribution in [0.25, 0.3) is 0 Å². The fourth-order valence-corrected chi connectivity index (χ4v) is 1.06. The van der Waals surface area contributed by atoms with Gasteiger partial charge in [0.25, 0.3) is 5.91 Å². The molecule has 4 N–H and O–H groups in total. The zero-order valence-electron chi connectivity index (χ0n) is 7.72. The zero-order chi connectivity index (χ0) is 9.84. The third kappa shape index (κ3) is 1.90. The van der Waals surface area contributed by atoms with Gasteiger partial charge in [0.1, 0.15) is 0 Å². The van der Waals surface area contributed by atoms with E-state index in [0.29, 0.717) is 11.3 Å². The molecule has 1 aromatic rings. The van der Waals surface area contributed by atoms with E-state index in [1.165, 1.54) is 0 Å². The number of anilines is 2. The van der Waals surface area contributed by atoms with E-state index >= 15 is 0 Å². The van der Waals surface area contributed by atoms with Crippen LogP contribution in [0.5, 0.6) is 0 Å². The van der Waals surface area contributed by atoms with Gasteiger partial charge in [-0.25, -0.2) is 0 Å². The normalized spacial score (nSPS) is 9.38. The van der Waals surface area contributed by atoms with Crippen molar-refractivity contribution in [2.75, 3.05) is 25.1 Å². The minimum atomic E-state index is -0.114. The Kier molecular flexibility index (Phi) is 2.74. The fraction of sp³-hybridized carbons (Fsp3) is 0.222. The maximum Gasteiger partial charge on any atom is 0.251 e. The number of rotatable bonds is 2. The highest BCUT2D eigenvalue weighted by molar-refractivity contribution is 5.95. The lowest BCUT2D eigenvalue weighted by molar-refractivity contribution is 0.0963. The summed E-state index contributed by atoms with van der Waals surface area (Å²) in [5, 5.41) is 5.45. The number of amides is 1. The molecule has 0 atom stereocenters. The second-order valence-electron chi connectivity index (χ2n) is 2.63. The lowest BCUT2D eigenvalue weighted by Crippen LogP contribution is -2.17. The van der Waals surface area contributed by atoms with E-state index in [0.717, 1.165) is 5.69 Å². The molecular weight excluding hydrogens is 166 g/mol. The molecule has 1 aromatic carbocycles. The van der Waals surface area contributed by atoms with E-state index in [9.17, 15) is 4.79 Å². The van der Waals surface area contributed by atoms with Crippen molar-refractivity contribution in [3.63, 3.8) is 0 Å². The van der Waals surface area contributed by atoms with Gasteiger partial charge in [0.05, 0.1) is 11.4 Å². The molecule has 0 aliphatic rings. The van der Waals surface area contributed by atoms with Gasteiger partial charge in [-0.3, -0.25) is 4.79 Å². The first kappa shape index (κ1) is 9.38. The molecule has 0 aromatic heterocycles. The molecule has 0 saturated heterocycles. The first-order valence-electron chi connectivity index (χ1n) is 3.98. The van der Waals surface area contributed by atoms with Crippen molar-refractivity contribution in [1.29, 1.82) is 0 Å². The van der Waals surface area contributed by atoms with Gasteiger partial charge in [-0.05, 0) is 18.2 Å². The van der Waals surface area contributed by atoms with E-state index in [1.807, 2.05) is 0 Å². The summed E-state index contributed by atoms with van der Waals surface area (Å²) in [4.78, 5) is 11.2. The molecule has 70 valence electrons. The number of nitrogens with one attached hydrogen (secondary N) is 2. The van der Waals surface area contributed by atoms with E-state index in [1.54, 1.807) is 32.3 Å². The first-order valence-corrected chi connectivity index (χ1v) is 3.98. The zero-order valence-corrected chi connectivity index (χ0v) is 7.72. The standard InChI is InChI=1S/C9H13N3O/c1-11-8-5-6(9(13)12-2)3-4-7(8)10/h3-5,11H,10H2,1-2H3,(H,12,13). The smallest absolute Gasteiger partial charge is 0.251 e. The van der Waals surface area contributed by atoms with E-state index < -0.39 is 0 Å². The Bertz CT molecular complexity index is 323. The number of nitrogens with two attached hydrogens (primary N) is 1. The Morgan fingerprint density at radius 3 is 2.62 bits per heavy atom. The maximum atomic E-state index is 11.2. The summed E-state index contributed by atoms with van der Waals surface area (Å²) < 4.78 is 0. The summed E-state index contributed by atoms with van der Waals surface area (Å²) in [5.74, 6) is -0.114. The molecule has 0 fully saturated rings. The van der Waals surface area contributed by atoms with Crippen molar-refractivity contribution in [1.82, 2.24) is 5.32 Å². The van der Waals surface area contributed by atoms with Gasteiger partial charge in [-0.15, -0.1) is 0 Å². The van der Waals surface area contributed by atoms with Crippen LogP contribution in [0, 0.1) is 0 Å². The SMILES string of the molecule is CNC(=O)c1ccc(N)c(NC)c1. The molecular formula is C9H13N3O. The van der Waals surface area contributed by atoms with Crippen LogP contribution < -0.4 is 16.4 Å². The van der Waals surface area contributed by atoms with E-state index in [-0.39, 0.29) is 5.91 Å². The number of carbonyl (C=O) groups excluding carboxylic acids is 1. The van der Waals surface area contributed by atoms with Crippen LogP contribution in [0.1, 0.15) is 10.4 Å². The number of benzene rings is 1. The molecule has 0 bridgehead atoms. The Hall–Kier alpha value is -1.71. The summed E-state index contributed by atoms with van der Waals surface area (Å²) in [7, 11) is 3.36. The van der Waals surface area contributed by atoms with Gasteiger partial charge in [0.15, 0.2) is 0 Å². The first-order chi connectivity index (χ1) is 6.19. The lowest BCUT2D eigenvalue weighted by Gasteiger charge is -2.06. The summed E-state index contributed by atoms with van der Waals surface area (Å²) >= 11 is 0. The van der Waals surface area contributed by atoms with Crippen molar-refractivity contribution in [2.24, 2.45) is 0 Å². The van der Waals surface area contributed by atoms with Crippen LogP contribution in [-0.4, -0.2) is 20.0 Å². The Morgan fingerprint density at radius 1 is 1.38 bits per heavy atom. The second-order valence-corrected chi connectivity index (χ2v) is 2.63. The molecule has 1 rings (SSSR count). The van der Waals surface area contributed by atoms with Crippen LogP contribution in [-0.2, 0) is 0 Å². The lowest BCUT2D eigenvalue weighted by atomic mass is 10.1. The largest absolute Gasteiger partial charge is 0.397 e. The monoisotopic (exact) mass is 179 g/mol. The molecule has 4 heteroatoms. The topological polar surface area (TPSA) is 67.2 Å². The highest BCUT2D eigenvalue weighted by Crippen LogP contribution is 2.18. The molecule has 0 spiro atoms. The van der Waals surface area contributed by atoms with Gasteiger partial charge in [0, 0.05) is 19.7 Å². The Balaban J connectivity index is 3.06. The second kappa shape index (κ2) is 3.80. The summed E-state index contributed by atoms with van der Waals surface area (Å²) in [6.45, 7) is 0. The quantitative estimate of drug-likeness (QED) is 0.584. The summed E-state index contributed by atoms with van der Waals surface area (Å²) in [5.41, 5.74) is 7.64. The maximum absolute atomic E-state index is 11.2. The molecule has 0 aliphatic heterocycles. The molecule has 1 amide bonds. The number of hydrogen-bond donors (Lipinski definition) is 3. The average Bonchev–Trinajstić information content (AvgIpc) is 2.17. The van der Waals surface area contributed by atoms with Crippen molar-refractivity contribution >= 4 is 17.3 Å². The van der Waals surface area contributed by atoms with Gasteiger partial charge < -0.3 is 16.4 Å². The van der Waals surface area contributed by atoms with Crippen molar-refractivity contribution in [2.45, 2.75) is 0 Å². The van der Waals surface area contributed by atoms with Crippen molar-refractivity contribution in [3.05, 3.63) is 23.8 Å². The molecule has 13 heavy (non-hydrogen) atoms. The van der Waals surface area contributed by atoms with Crippen LogP contribution in [0.3, 0.4) is 0 Å². The average molecular weight is 179 g/mol. The number of carbonyl (C=O) groups is 1. The van der Waals surface area contributed by atoms with Crippen LogP contribution in [0.2, 0.25) is 0 Å². The van der Waals surface area contributed by atoms with Crippen LogP contribution in [0.4, 0.5) is 11.4 Å². The molecule has 0 radical (unpaired) electrons. The summed E-state index contributed by atoms with van der Waals surface area (Å²) in [6.07, 6.45) is 0. The molecule has 0 saturated carbocycles. The molecule has 0 heterocycles. The number of hydrogen-bond acceptors (Lipinski definition) is 3. The molecule has 0 unspecified atom stereocenters. The predicted molar refractivity (Wildman–Crippen MR) is 53.8 cm³/mol. The highest BCUT2D eigenvalue weighted by Gasteiger charge is 2.04. The van der Waals surface area contributed by atoms with Gasteiger partial charge in [0.2, 0.25) is 0 Å².